The number of imide groups is 2. The Labute approximate surface area is 279 Å². The molecule has 2 heterocycles. The van der Waals surface area contributed by atoms with Gasteiger partial charge in [0.25, 0.3) is 23.6 Å². The van der Waals surface area contributed by atoms with E-state index in [9.17, 15) is 24.0 Å². The van der Waals surface area contributed by atoms with Crippen molar-refractivity contribution in [3.63, 3.8) is 0 Å². The van der Waals surface area contributed by atoms with Crippen LogP contribution in [-0.2, 0) is 51.6 Å². The van der Waals surface area contributed by atoms with Crippen LogP contribution in [0.25, 0.3) is 0 Å². The second-order valence-corrected chi connectivity index (χ2v) is 11.0. The monoisotopic (exact) mass is 650 g/mol. The third kappa shape index (κ3) is 9.79. The minimum atomic E-state index is -1.38. The van der Waals surface area contributed by atoms with Gasteiger partial charge in [0.05, 0.1) is 5.41 Å². The van der Waals surface area contributed by atoms with Gasteiger partial charge in [0.2, 0.25) is 0 Å². The van der Waals surface area contributed by atoms with Gasteiger partial charge in [-0.3, -0.25) is 33.6 Å². The number of allylic oxidation sites excluding steroid dienone is 1. The molecule has 0 saturated carbocycles. The lowest BCUT2D eigenvalue weighted by Gasteiger charge is -2.38. The van der Waals surface area contributed by atoms with Gasteiger partial charge >= 0.3 is 5.97 Å². The van der Waals surface area contributed by atoms with E-state index in [1.54, 1.807) is 13.0 Å². The van der Waals surface area contributed by atoms with Crippen molar-refractivity contribution in [2.75, 3.05) is 6.61 Å². The molecule has 256 valence electrons. The fourth-order valence-corrected chi connectivity index (χ4v) is 5.28. The van der Waals surface area contributed by atoms with E-state index in [-0.39, 0.29) is 65.8 Å². The van der Waals surface area contributed by atoms with Crippen LogP contribution < -0.4 is 0 Å². The first kappa shape index (κ1) is 40.6. The smallest absolute Gasteiger partial charge is 0.322 e. The van der Waals surface area contributed by atoms with Crippen molar-refractivity contribution in [3.05, 3.63) is 97.1 Å². The van der Waals surface area contributed by atoms with Crippen molar-refractivity contribution in [3.8, 4) is 0 Å². The van der Waals surface area contributed by atoms with E-state index in [2.05, 4.69) is 13.2 Å². The molecule has 47 heavy (non-hydrogen) atoms. The van der Waals surface area contributed by atoms with Gasteiger partial charge in [-0.1, -0.05) is 108 Å². The summed E-state index contributed by atoms with van der Waals surface area (Å²) in [4.78, 5) is 72.7. The van der Waals surface area contributed by atoms with Crippen molar-refractivity contribution < 1.29 is 38.4 Å². The Hall–Kier alpha value is -4.41. The lowest BCUT2D eigenvalue weighted by molar-refractivity contribution is -0.216. The molecule has 2 aliphatic heterocycles. The molecule has 2 atom stereocenters. The van der Waals surface area contributed by atoms with E-state index in [0.29, 0.717) is 25.7 Å². The third-order valence-corrected chi connectivity index (χ3v) is 8.21. The van der Waals surface area contributed by atoms with E-state index in [0.717, 1.165) is 21.3 Å². The van der Waals surface area contributed by atoms with Gasteiger partial charge in [-0.05, 0) is 43.2 Å². The molecule has 10 nitrogen and oxygen atoms in total. The van der Waals surface area contributed by atoms with Crippen molar-refractivity contribution in [1.29, 1.82) is 0 Å². The molecule has 0 bridgehead atoms. The standard InChI is InChI=1S/C18H21NO5.C17H21NO3.2CH4/c1-3-12-23-17(22)18(4-2)11-10-15(20)19(16(18)21)24-13-14-8-6-5-7-9-14;1-3-11-17(4-2)12-10-15(19)18(16(17)20)21-13-14-8-6-5-7-9-14;;/h3,5-9H,1,4,10-13H2,2H3;3,5-9H,1,4,10-13H2,2H3;2*1H4/t;17-;;/m.1../s1. The van der Waals surface area contributed by atoms with Crippen molar-refractivity contribution in [2.45, 2.75) is 86.9 Å². The van der Waals surface area contributed by atoms with Gasteiger partial charge in [-0.2, -0.15) is 10.1 Å². The van der Waals surface area contributed by atoms with E-state index >= 15 is 0 Å². The number of hydroxylamine groups is 4. The van der Waals surface area contributed by atoms with Crippen LogP contribution in [-0.4, -0.2) is 46.3 Å². The highest BCUT2D eigenvalue weighted by Gasteiger charge is 2.53. The molecule has 0 N–H and O–H groups in total. The Morgan fingerprint density at radius 2 is 1.23 bits per heavy atom. The van der Waals surface area contributed by atoms with Gasteiger partial charge < -0.3 is 4.74 Å². The minimum Gasteiger partial charge on any atom is -0.461 e. The summed E-state index contributed by atoms with van der Waals surface area (Å²) < 4.78 is 5.07. The van der Waals surface area contributed by atoms with Crippen LogP contribution in [0.4, 0.5) is 0 Å². The zero-order valence-corrected chi connectivity index (χ0v) is 26.1. The Morgan fingerprint density at radius 1 is 0.745 bits per heavy atom. The molecule has 1 unspecified atom stereocenters. The van der Waals surface area contributed by atoms with Crippen LogP contribution in [0.15, 0.2) is 86.0 Å². The van der Waals surface area contributed by atoms with Crippen LogP contribution >= 0.6 is 0 Å². The second-order valence-electron chi connectivity index (χ2n) is 11.0. The van der Waals surface area contributed by atoms with Crippen LogP contribution in [0, 0.1) is 10.8 Å². The number of ether oxygens (including phenoxy) is 1. The van der Waals surface area contributed by atoms with Crippen molar-refractivity contribution in [1.82, 2.24) is 10.1 Å². The molecule has 0 aromatic heterocycles. The Balaban J connectivity index is 0.000000454. The summed E-state index contributed by atoms with van der Waals surface area (Å²) >= 11 is 0. The fraction of sp³-hybridized carbons (Fsp3) is 0.432. The number of hydrogen-bond acceptors (Lipinski definition) is 8. The molecule has 4 rings (SSSR count). The van der Waals surface area contributed by atoms with Crippen molar-refractivity contribution in [2.24, 2.45) is 10.8 Å². The van der Waals surface area contributed by atoms with Gasteiger partial charge in [-0.25, -0.2) is 0 Å². The number of carbonyl (C=O) groups excluding carboxylic acids is 5. The summed E-state index contributed by atoms with van der Waals surface area (Å²) in [6.07, 6.45) is 5.74. The maximum absolute atomic E-state index is 12.8. The Morgan fingerprint density at radius 3 is 1.68 bits per heavy atom. The number of esters is 1. The average molecular weight is 651 g/mol. The Bertz CT molecular complexity index is 1360. The maximum Gasteiger partial charge on any atom is 0.322 e. The molecular weight excluding hydrogens is 600 g/mol. The summed E-state index contributed by atoms with van der Waals surface area (Å²) in [5, 5.41) is 1.68. The highest BCUT2D eigenvalue weighted by atomic mass is 16.7. The summed E-state index contributed by atoms with van der Waals surface area (Å²) in [5.41, 5.74) is -0.186. The fourth-order valence-electron chi connectivity index (χ4n) is 5.28. The van der Waals surface area contributed by atoms with E-state index < -0.39 is 28.6 Å². The Kier molecular flexibility index (Phi) is 16.7. The second kappa shape index (κ2) is 19.3. The van der Waals surface area contributed by atoms with Gasteiger partial charge in [-0.15, -0.1) is 6.58 Å². The zero-order chi connectivity index (χ0) is 32.9. The van der Waals surface area contributed by atoms with Crippen molar-refractivity contribution >= 4 is 29.6 Å². The lowest BCUT2D eigenvalue weighted by Crippen LogP contribution is -2.55. The zero-order valence-electron chi connectivity index (χ0n) is 26.1. The molecule has 0 spiro atoms. The average Bonchev–Trinajstić information content (AvgIpc) is 3.06. The van der Waals surface area contributed by atoms with Gasteiger partial charge in [0.15, 0.2) is 0 Å². The molecule has 0 radical (unpaired) electrons. The molecule has 2 aromatic rings. The molecule has 4 amide bonds. The number of piperidine rings is 2. The van der Waals surface area contributed by atoms with Crippen LogP contribution in [0.1, 0.15) is 84.8 Å². The van der Waals surface area contributed by atoms with Crippen LogP contribution in [0.3, 0.4) is 0 Å². The number of nitrogens with zero attached hydrogens (tertiary/aromatic N) is 2. The molecule has 2 aliphatic rings. The topological polar surface area (TPSA) is 120 Å². The molecule has 2 fully saturated rings. The summed E-state index contributed by atoms with van der Waals surface area (Å²) in [5.74, 6) is -2.25. The largest absolute Gasteiger partial charge is 0.461 e. The highest BCUT2D eigenvalue weighted by Crippen LogP contribution is 2.39. The predicted octanol–water partition coefficient (Wildman–Crippen LogP) is 6.90. The number of carbonyl (C=O) groups is 5. The van der Waals surface area contributed by atoms with E-state index in [4.69, 9.17) is 14.4 Å². The SMILES string of the molecule is C.C.C=CCOC(=O)C1(CC)CCC(=O)N(OCc2ccccc2)C1=O.C=CC[C@]1(CC)CCC(=O)N(OCc2ccccc2)C1=O. The molecule has 0 aliphatic carbocycles. The van der Waals surface area contributed by atoms with E-state index in [1.165, 1.54) is 6.08 Å². The molecule has 10 heteroatoms. The third-order valence-electron chi connectivity index (χ3n) is 8.21. The molecular formula is C37H50N2O8. The maximum atomic E-state index is 12.8. The number of hydrogen-bond donors (Lipinski definition) is 0. The van der Waals surface area contributed by atoms with Crippen LogP contribution in [0.2, 0.25) is 0 Å². The molecule has 2 aromatic carbocycles. The number of benzene rings is 2. The summed E-state index contributed by atoms with van der Waals surface area (Å²) in [6, 6.07) is 18.7. The summed E-state index contributed by atoms with van der Waals surface area (Å²) in [6.45, 7) is 11.2. The first-order valence-electron chi connectivity index (χ1n) is 15.2. The molecule has 2 saturated heterocycles. The first-order valence-corrected chi connectivity index (χ1v) is 15.2. The van der Waals surface area contributed by atoms with E-state index in [1.807, 2.05) is 67.6 Å². The van der Waals surface area contributed by atoms with Crippen LogP contribution in [0.5, 0.6) is 0 Å². The predicted molar refractivity (Wildman–Crippen MR) is 180 cm³/mol. The lowest BCUT2D eigenvalue weighted by atomic mass is 9.74. The highest BCUT2D eigenvalue weighted by molar-refractivity contribution is 6.10. The number of rotatable bonds is 13. The van der Waals surface area contributed by atoms with Gasteiger partial charge in [0, 0.05) is 12.8 Å². The minimum absolute atomic E-state index is 0. The summed E-state index contributed by atoms with van der Waals surface area (Å²) in [7, 11) is 0. The normalized spacial score (nSPS) is 20.6. The quantitative estimate of drug-likeness (QED) is 0.0994. The first-order chi connectivity index (χ1) is 21.7. The number of amides is 4. The van der Waals surface area contributed by atoms with Gasteiger partial charge in [0.1, 0.15) is 25.2 Å².